The van der Waals surface area contributed by atoms with Gasteiger partial charge in [0.25, 0.3) is 0 Å². The van der Waals surface area contributed by atoms with Crippen LogP contribution in [0.3, 0.4) is 0 Å². The standard InChI is InChI=1S/C19H18ClN3O2/c20-19-21-9-16-17(13-3-1-12(11-24)2-4-13)10-23(18(16)22-19)14-5-7-15(25)8-6-14/h1-4,9-11,14-15,25H,5-8H2. The molecular weight excluding hydrogens is 338 g/mol. The van der Waals surface area contributed by atoms with E-state index in [2.05, 4.69) is 20.7 Å². The van der Waals surface area contributed by atoms with Gasteiger partial charge in [-0.05, 0) is 42.8 Å². The van der Waals surface area contributed by atoms with E-state index in [1.807, 2.05) is 12.1 Å². The maximum Gasteiger partial charge on any atom is 0.224 e. The highest BCUT2D eigenvalue weighted by atomic mass is 35.5. The quantitative estimate of drug-likeness (QED) is 0.568. The third-order valence-electron chi connectivity index (χ3n) is 4.96. The number of fused-ring (bicyclic) bond motifs is 1. The highest BCUT2D eigenvalue weighted by Gasteiger charge is 2.24. The van der Waals surface area contributed by atoms with Crippen LogP contribution in [0, 0.1) is 0 Å². The molecule has 0 aliphatic heterocycles. The molecule has 2 aromatic heterocycles. The average Bonchev–Trinajstić information content (AvgIpc) is 3.01. The SMILES string of the molecule is O=Cc1ccc(-c2cn(C3CCC(O)CC3)c3nc(Cl)ncc23)cc1. The van der Waals surface area contributed by atoms with Crippen LogP contribution in [0.1, 0.15) is 42.1 Å². The van der Waals surface area contributed by atoms with E-state index >= 15 is 0 Å². The number of hydrogen-bond donors (Lipinski definition) is 1. The zero-order valence-corrected chi connectivity index (χ0v) is 14.4. The first-order valence-corrected chi connectivity index (χ1v) is 8.80. The van der Waals surface area contributed by atoms with Crippen molar-refractivity contribution in [2.45, 2.75) is 37.8 Å². The molecule has 0 spiro atoms. The molecule has 5 nitrogen and oxygen atoms in total. The zero-order chi connectivity index (χ0) is 17.4. The van der Waals surface area contributed by atoms with Gasteiger partial charge in [-0.3, -0.25) is 4.79 Å². The summed E-state index contributed by atoms with van der Waals surface area (Å²) in [4.78, 5) is 19.5. The number of nitrogens with zero attached hydrogens (tertiary/aromatic N) is 3. The Hall–Kier alpha value is -2.24. The molecule has 1 aromatic carbocycles. The van der Waals surface area contributed by atoms with E-state index in [1.165, 1.54) is 0 Å². The third kappa shape index (κ3) is 3.05. The summed E-state index contributed by atoms with van der Waals surface area (Å²) in [6.07, 6.45) is 7.90. The summed E-state index contributed by atoms with van der Waals surface area (Å²) in [7, 11) is 0. The topological polar surface area (TPSA) is 68.0 Å². The lowest BCUT2D eigenvalue weighted by Gasteiger charge is -2.27. The zero-order valence-electron chi connectivity index (χ0n) is 13.6. The van der Waals surface area contributed by atoms with Gasteiger partial charge in [-0.15, -0.1) is 0 Å². The Labute approximate surface area is 150 Å². The van der Waals surface area contributed by atoms with Crippen molar-refractivity contribution in [1.29, 1.82) is 0 Å². The Morgan fingerprint density at radius 3 is 2.56 bits per heavy atom. The van der Waals surface area contributed by atoms with Crippen LogP contribution in [0.15, 0.2) is 36.7 Å². The lowest BCUT2D eigenvalue weighted by molar-refractivity contribution is 0.111. The first-order chi connectivity index (χ1) is 12.2. The van der Waals surface area contributed by atoms with Crippen LogP contribution in [0.4, 0.5) is 0 Å². The Balaban J connectivity index is 1.83. The van der Waals surface area contributed by atoms with E-state index in [0.29, 0.717) is 11.6 Å². The molecule has 0 amide bonds. The van der Waals surface area contributed by atoms with Crippen molar-refractivity contribution in [1.82, 2.24) is 14.5 Å². The minimum atomic E-state index is -0.202. The van der Waals surface area contributed by atoms with Crippen LogP contribution in [-0.2, 0) is 0 Å². The van der Waals surface area contributed by atoms with E-state index in [0.717, 1.165) is 54.1 Å². The second-order valence-corrected chi connectivity index (χ2v) is 6.87. The third-order valence-corrected chi connectivity index (χ3v) is 5.14. The number of aromatic nitrogens is 3. The monoisotopic (exact) mass is 355 g/mol. The molecule has 1 saturated carbocycles. The lowest BCUT2D eigenvalue weighted by Crippen LogP contribution is -2.20. The second kappa shape index (κ2) is 6.58. The number of aliphatic hydroxyl groups excluding tert-OH is 1. The van der Waals surface area contributed by atoms with E-state index < -0.39 is 0 Å². The van der Waals surface area contributed by atoms with Crippen LogP contribution in [0.25, 0.3) is 22.2 Å². The van der Waals surface area contributed by atoms with Crippen molar-refractivity contribution in [3.8, 4) is 11.1 Å². The summed E-state index contributed by atoms with van der Waals surface area (Å²) in [5.41, 5.74) is 3.50. The largest absolute Gasteiger partial charge is 0.393 e. The minimum absolute atomic E-state index is 0.202. The molecule has 25 heavy (non-hydrogen) atoms. The minimum Gasteiger partial charge on any atom is -0.393 e. The van der Waals surface area contributed by atoms with Gasteiger partial charge in [0.15, 0.2) is 0 Å². The van der Waals surface area contributed by atoms with Crippen LogP contribution in [0.2, 0.25) is 5.28 Å². The van der Waals surface area contributed by atoms with Gasteiger partial charge in [-0.1, -0.05) is 24.3 Å². The van der Waals surface area contributed by atoms with Gasteiger partial charge in [0, 0.05) is 34.9 Å². The van der Waals surface area contributed by atoms with Gasteiger partial charge in [-0.2, -0.15) is 4.98 Å². The molecule has 0 atom stereocenters. The van der Waals surface area contributed by atoms with Crippen molar-refractivity contribution >= 4 is 28.9 Å². The number of aldehydes is 1. The number of aliphatic hydroxyl groups is 1. The van der Waals surface area contributed by atoms with Crippen LogP contribution >= 0.6 is 11.6 Å². The average molecular weight is 356 g/mol. The Kier molecular flexibility index (Phi) is 4.27. The number of benzene rings is 1. The molecule has 4 rings (SSSR count). The Bertz CT molecular complexity index is 912. The fourth-order valence-electron chi connectivity index (χ4n) is 3.59. The molecule has 1 aliphatic carbocycles. The van der Waals surface area contributed by atoms with Gasteiger partial charge in [0.2, 0.25) is 5.28 Å². The fraction of sp³-hybridized carbons (Fsp3) is 0.316. The molecule has 0 bridgehead atoms. The summed E-state index contributed by atoms with van der Waals surface area (Å²) in [5, 5.41) is 10.9. The van der Waals surface area contributed by atoms with Gasteiger partial charge < -0.3 is 9.67 Å². The number of rotatable bonds is 3. The maximum absolute atomic E-state index is 10.9. The summed E-state index contributed by atoms with van der Waals surface area (Å²) in [5.74, 6) is 0. The highest BCUT2D eigenvalue weighted by Crippen LogP contribution is 2.36. The molecule has 6 heteroatoms. The fourth-order valence-corrected chi connectivity index (χ4v) is 3.72. The van der Waals surface area contributed by atoms with E-state index in [4.69, 9.17) is 11.6 Å². The summed E-state index contributed by atoms with van der Waals surface area (Å²) < 4.78 is 2.16. The van der Waals surface area contributed by atoms with E-state index in [9.17, 15) is 9.90 Å². The molecule has 0 unspecified atom stereocenters. The molecule has 0 saturated heterocycles. The Morgan fingerprint density at radius 1 is 1.16 bits per heavy atom. The molecule has 1 aliphatic rings. The van der Waals surface area contributed by atoms with Crippen LogP contribution < -0.4 is 0 Å². The van der Waals surface area contributed by atoms with Gasteiger partial charge in [-0.25, -0.2) is 4.98 Å². The molecule has 2 heterocycles. The predicted molar refractivity (Wildman–Crippen MR) is 96.9 cm³/mol. The highest BCUT2D eigenvalue weighted by molar-refractivity contribution is 6.28. The normalized spacial score (nSPS) is 20.7. The molecule has 1 fully saturated rings. The molecule has 1 N–H and O–H groups in total. The van der Waals surface area contributed by atoms with Crippen molar-refractivity contribution in [2.24, 2.45) is 0 Å². The van der Waals surface area contributed by atoms with Gasteiger partial charge in [0.1, 0.15) is 11.9 Å². The summed E-state index contributed by atoms with van der Waals surface area (Å²) >= 11 is 6.03. The number of hydrogen-bond acceptors (Lipinski definition) is 4. The summed E-state index contributed by atoms with van der Waals surface area (Å²) in [6, 6.07) is 7.77. The lowest BCUT2D eigenvalue weighted by atomic mass is 9.93. The summed E-state index contributed by atoms with van der Waals surface area (Å²) in [6.45, 7) is 0. The van der Waals surface area contributed by atoms with E-state index in [-0.39, 0.29) is 11.4 Å². The number of carbonyl (C=O) groups excluding carboxylic acids is 1. The van der Waals surface area contributed by atoms with E-state index in [1.54, 1.807) is 18.3 Å². The second-order valence-electron chi connectivity index (χ2n) is 6.53. The van der Waals surface area contributed by atoms with Gasteiger partial charge >= 0.3 is 0 Å². The number of carbonyl (C=O) groups is 1. The molecule has 3 aromatic rings. The van der Waals surface area contributed by atoms with Crippen LogP contribution in [0.5, 0.6) is 0 Å². The molecule has 0 radical (unpaired) electrons. The molecular formula is C19H18ClN3O2. The van der Waals surface area contributed by atoms with Crippen molar-refractivity contribution in [3.05, 3.63) is 47.5 Å². The maximum atomic E-state index is 10.9. The smallest absolute Gasteiger partial charge is 0.224 e. The van der Waals surface area contributed by atoms with Crippen molar-refractivity contribution < 1.29 is 9.90 Å². The number of halogens is 1. The van der Waals surface area contributed by atoms with Crippen LogP contribution in [-0.4, -0.2) is 32.0 Å². The first kappa shape index (κ1) is 16.2. The van der Waals surface area contributed by atoms with Crippen molar-refractivity contribution in [2.75, 3.05) is 0 Å². The predicted octanol–water partition coefficient (Wildman–Crippen LogP) is 4.04. The van der Waals surface area contributed by atoms with Gasteiger partial charge in [0.05, 0.1) is 6.10 Å². The van der Waals surface area contributed by atoms with Crippen molar-refractivity contribution in [3.63, 3.8) is 0 Å². The molecule has 128 valence electrons. The Morgan fingerprint density at radius 2 is 1.88 bits per heavy atom. The first-order valence-electron chi connectivity index (χ1n) is 8.42.